The summed E-state index contributed by atoms with van der Waals surface area (Å²) >= 11 is 4.86. The van der Waals surface area contributed by atoms with Gasteiger partial charge in [0, 0.05) is 27.8 Å². The SMILES string of the molecule is Cc1cc(CN)cc(S(=O)(=O)NCc2cc(Br)cs2)c1C. The van der Waals surface area contributed by atoms with E-state index in [1.54, 1.807) is 6.07 Å². The summed E-state index contributed by atoms with van der Waals surface area (Å²) in [6.45, 7) is 4.31. The maximum atomic E-state index is 12.5. The molecule has 0 saturated heterocycles. The molecule has 1 aromatic carbocycles. The predicted molar refractivity (Wildman–Crippen MR) is 89.9 cm³/mol. The molecule has 0 saturated carbocycles. The lowest BCUT2D eigenvalue weighted by molar-refractivity contribution is 0.581. The van der Waals surface area contributed by atoms with Crippen LogP contribution in [0.25, 0.3) is 0 Å². The van der Waals surface area contributed by atoms with Gasteiger partial charge in [-0.05, 0) is 58.6 Å². The number of benzene rings is 1. The van der Waals surface area contributed by atoms with E-state index in [1.807, 2.05) is 31.4 Å². The number of thiophene rings is 1. The monoisotopic (exact) mass is 388 g/mol. The van der Waals surface area contributed by atoms with Crippen LogP contribution in [0, 0.1) is 13.8 Å². The van der Waals surface area contributed by atoms with Crippen LogP contribution in [0.5, 0.6) is 0 Å². The zero-order valence-electron chi connectivity index (χ0n) is 11.8. The number of hydrogen-bond donors (Lipinski definition) is 2. The van der Waals surface area contributed by atoms with Crippen molar-refractivity contribution in [3.05, 3.63) is 49.6 Å². The van der Waals surface area contributed by atoms with Crippen molar-refractivity contribution in [2.45, 2.75) is 31.8 Å². The number of rotatable bonds is 5. The summed E-state index contributed by atoms with van der Waals surface area (Å²) in [5.41, 5.74) is 8.13. The molecule has 0 radical (unpaired) electrons. The first-order chi connectivity index (χ1) is 9.83. The van der Waals surface area contributed by atoms with E-state index in [0.717, 1.165) is 26.0 Å². The lowest BCUT2D eigenvalue weighted by atomic mass is 10.1. The van der Waals surface area contributed by atoms with Gasteiger partial charge in [0.1, 0.15) is 0 Å². The number of nitrogens with one attached hydrogen (secondary N) is 1. The molecule has 0 aliphatic heterocycles. The molecule has 0 unspecified atom stereocenters. The second-order valence-electron chi connectivity index (χ2n) is 4.80. The van der Waals surface area contributed by atoms with Gasteiger partial charge in [-0.2, -0.15) is 0 Å². The van der Waals surface area contributed by atoms with E-state index in [-0.39, 0.29) is 6.54 Å². The number of sulfonamides is 1. The average molecular weight is 389 g/mol. The van der Waals surface area contributed by atoms with Crippen LogP contribution in [0.2, 0.25) is 0 Å². The van der Waals surface area contributed by atoms with Crippen molar-refractivity contribution in [2.24, 2.45) is 5.73 Å². The Balaban J connectivity index is 2.29. The molecule has 0 atom stereocenters. The van der Waals surface area contributed by atoms with E-state index in [1.165, 1.54) is 11.3 Å². The normalized spacial score (nSPS) is 11.8. The molecule has 2 rings (SSSR count). The summed E-state index contributed by atoms with van der Waals surface area (Å²) < 4.78 is 28.6. The van der Waals surface area contributed by atoms with Gasteiger partial charge in [-0.3, -0.25) is 0 Å². The summed E-state index contributed by atoms with van der Waals surface area (Å²) in [5.74, 6) is 0. The molecule has 0 spiro atoms. The van der Waals surface area contributed by atoms with E-state index in [0.29, 0.717) is 11.4 Å². The first-order valence-corrected chi connectivity index (χ1v) is 9.52. The van der Waals surface area contributed by atoms with Crippen LogP contribution >= 0.6 is 27.3 Å². The Morgan fingerprint density at radius 3 is 2.57 bits per heavy atom. The fraction of sp³-hybridized carbons (Fsp3) is 0.286. The topological polar surface area (TPSA) is 72.2 Å². The minimum Gasteiger partial charge on any atom is -0.326 e. The largest absolute Gasteiger partial charge is 0.326 e. The fourth-order valence-electron chi connectivity index (χ4n) is 1.99. The van der Waals surface area contributed by atoms with Crippen molar-refractivity contribution in [3.8, 4) is 0 Å². The maximum absolute atomic E-state index is 12.5. The fourth-order valence-corrected chi connectivity index (χ4v) is 4.84. The third kappa shape index (κ3) is 3.92. The highest BCUT2D eigenvalue weighted by Crippen LogP contribution is 2.23. The van der Waals surface area contributed by atoms with Crippen LogP contribution in [0.15, 0.2) is 32.9 Å². The van der Waals surface area contributed by atoms with Crippen molar-refractivity contribution in [1.29, 1.82) is 0 Å². The quantitative estimate of drug-likeness (QED) is 0.826. The molecule has 0 fully saturated rings. The van der Waals surface area contributed by atoms with E-state index in [4.69, 9.17) is 5.73 Å². The third-order valence-electron chi connectivity index (χ3n) is 3.26. The van der Waals surface area contributed by atoms with Crippen molar-refractivity contribution in [2.75, 3.05) is 0 Å². The summed E-state index contributed by atoms with van der Waals surface area (Å²) in [7, 11) is -3.55. The molecule has 0 bridgehead atoms. The smallest absolute Gasteiger partial charge is 0.241 e. The molecular weight excluding hydrogens is 372 g/mol. The standard InChI is InChI=1S/C14H17BrN2O2S2/c1-9-3-11(6-16)4-14(10(9)2)21(18,19)17-7-13-5-12(15)8-20-13/h3-5,8,17H,6-7,16H2,1-2H3. The third-order valence-corrected chi connectivity index (χ3v) is 6.49. The number of halogens is 1. The maximum Gasteiger partial charge on any atom is 0.241 e. The van der Waals surface area contributed by atoms with E-state index in [2.05, 4.69) is 20.7 Å². The van der Waals surface area contributed by atoms with Crippen LogP contribution in [0.3, 0.4) is 0 Å². The average Bonchev–Trinajstić information content (AvgIpc) is 2.85. The Labute approximate surface area is 137 Å². The van der Waals surface area contributed by atoms with Gasteiger partial charge in [-0.1, -0.05) is 6.07 Å². The van der Waals surface area contributed by atoms with E-state index in [9.17, 15) is 8.42 Å². The van der Waals surface area contributed by atoms with Crippen LogP contribution in [0.4, 0.5) is 0 Å². The molecule has 7 heteroatoms. The predicted octanol–water partition coefficient (Wildman–Crippen LogP) is 3.06. The van der Waals surface area contributed by atoms with Crippen LogP contribution in [-0.4, -0.2) is 8.42 Å². The summed E-state index contributed by atoms with van der Waals surface area (Å²) in [6, 6.07) is 5.47. The van der Waals surface area contributed by atoms with Crippen LogP contribution < -0.4 is 10.5 Å². The summed E-state index contributed by atoms with van der Waals surface area (Å²) in [5, 5.41) is 1.92. The molecule has 0 aliphatic carbocycles. The van der Waals surface area contributed by atoms with Crippen molar-refractivity contribution < 1.29 is 8.42 Å². The molecule has 4 nitrogen and oxygen atoms in total. The Bertz CT molecular complexity index is 754. The van der Waals surface area contributed by atoms with E-state index >= 15 is 0 Å². The van der Waals surface area contributed by atoms with E-state index < -0.39 is 10.0 Å². The molecule has 114 valence electrons. The molecule has 21 heavy (non-hydrogen) atoms. The Kier molecular flexibility index (Phi) is 5.21. The summed E-state index contributed by atoms with van der Waals surface area (Å²) in [6.07, 6.45) is 0. The first kappa shape index (κ1) is 16.6. The van der Waals surface area contributed by atoms with Crippen molar-refractivity contribution in [1.82, 2.24) is 4.72 Å². The van der Waals surface area contributed by atoms with Gasteiger partial charge in [0.25, 0.3) is 0 Å². The second kappa shape index (κ2) is 6.58. The van der Waals surface area contributed by atoms with Gasteiger partial charge < -0.3 is 5.73 Å². The first-order valence-electron chi connectivity index (χ1n) is 6.36. The van der Waals surface area contributed by atoms with Crippen LogP contribution in [0.1, 0.15) is 21.6 Å². The number of nitrogens with two attached hydrogens (primary N) is 1. The minimum atomic E-state index is -3.55. The summed E-state index contributed by atoms with van der Waals surface area (Å²) in [4.78, 5) is 1.26. The minimum absolute atomic E-state index is 0.282. The van der Waals surface area contributed by atoms with Gasteiger partial charge in [0.2, 0.25) is 10.0 Å². The Morgan fingerprint density at radius 1 is 1.29 bits per heavy atom. The molecule has 2 aromatic rings. The van der Waals surface area contributed by atoms with Gasteiger partial charge in [-0.25, -0.2) is 13.1 Å². The zero-order chi connectivity index (χ0) is 15.6. The van der Waals surface area contributed by atoms with Gasteiger partial charge >= 0.3 is 0 Å². The number of hydrogen-bond acceptors (Lipinski definition) is 4. The lowest BCUT2D eigenvalue weighted by Crippen LogP contribution is -2.24. The molecule has 1 heterocycles. The highest BCUT2D eigenvalue weighted by atomic mass is 79.9. The molecular formula is C14H17BrN2O2S2. The van der Waals surface area contributed by atoms with Gasteiger partial charge in [-0.15, -0.1) is 11.3 Å². The van der Waals surface area contributed by atoms with Gasteiger partial charge in [0.15, 0.2) is 0 Å². The van der Waals surface area contributed by atoms with Crippen LogP contribution in [-0.2, 0) is 23.1 Å². The zero-order valence-corrected chi connectivity index (χ0v) is 15.0. The highest BCUT2D eigenvalue weighted by Gasteiger charge is 2.18. The Morgan fingerprint density at radius 2 is 2.00 bits per heavy atom. The Hall–Kier alpha value is -0.730. The van der Waals surface area contributed by atoms with Gasteiger partial charge in [0.05, 0.1) is 4.90 Å². The number of aryl methyl sites for hydroxylation is 1. The molecule has 3 N–H and O–H groups in total. The lowest BCUT2D eigenvalue weighted by Gasteiger charge is -2.12. The van der Waals surface area contributed by atoms with Crippen molar-refractivity contribution >= 4 is 37.3 Å². The molecule has 1 aromatic heterocycles. The highest BCUT2D eigenvalue weighted by molar-refractivity contribution is 9.10. The van der Waals surface area contributed by atoms with Crippen molar-refractivity contribution in [3.63, 3.8) is 0 Å². The molecule has 0 aliphatic rings. The molecule has 0 amide bonds. The second-order valence-corrected chi connectivity index (χ2v) is 8.44.